The van der Waals surface area contributed by atoms with E-state index in [2.05, 4.69) is 0 Å². The lowest BCUT2D eigenvalue weighted by Gasteiger charge is -2.13. The van der Waals surface area contributed by atoms with Crippen molar-refractivity contribution in [3.63, 3.8) is 0 Å². The molecule has 0 aromatic heterocycles. The number of hydrogen-bond acceptors (Lipinski definition) is 3. The van der Waals surface area contributed by atoms with E-state index in [0.717, 1.165) is 5.06 Å². The van der Waals surface area contributed by atoms with E-state index in [1.165, 1.54) is 20.2 Å². The molecule has 0 aliphatic rings. The normalized spacial score (nSPS) is 9.93. The van der Waals surface area contributed by atoms with Gasteiger partial charge in [0.25, 0.3) is 5.91 Å². The number of hydrogen-bond donors (Lipinski definition) is 1. The molecule has 0 saturated heterocycles. The van der Waals surface area contributed by atoms with E-state index in [1.54, 1.807) is 19.1 Å². The fourth-order valence-electron chi connectivity index (χ4n) is 1.05. The van der Waals surface area contributed by atoms with Crippen LogP contribution in [0.15, 0.2) is 18.2 Å². The van der Waals surface area contributed by atoms with Gasteiger partial charge in [0.15, 0.2) is 0 Å². The molecule has 0 saturated carbocycles. The van der Waals surface area contributed by atoms with E-state index in [9.17, 15) is 9.90 Å². The number of aromatic hydroxyl groups is 1. The van der Waals surface area contributed by atoms with Crippen LogP contribution in [0.1, 0.15) is 15.9 Å². The molecular weight excluding hydrogens is 182 g/mol. The van der Waals surface area contributed by atoms with Crippen molar-refractivity contribution < 1.29 is 14.7 Å². The Kier molecular flexibility index (Phi) is 3.09. The van der Waals surface area contributed by atoms with Crippen LogP contribution in [0, 0.1) is 6.92 Å². The van der Waals surface area contributed by atoms with Crippen LogP contribution < -0.4 is 0 Å². The highest BCUT2D eigenvalue weighted by atomic mass is 16.7. The molecule has 0 bridgehead atoms. The zero-order valence-electron chi connectivity index (χ0n) is 8.44. The van der Waals surface area contributed by atoms with E-state index < -0.39 is 0 Å². The summed E-state index contributed by atoms with van der Waals surface area (Å²) in [6, 6.07) is 4.67. The molecule has 1 N–H and O–H groups in total. The van der Waals surface area contributed by atoms with Crippen molar-refractivity contribution in [2.45, 2.75) is 6.92 Å². The van der Waals surface area contributed by atoms with Gasteiger partial charge in [0.05, 0.1) is 7.11 Å². The maximum atomic E-state index is 11.6. The Labute approximate surface area is 82.7 Å². The quantitative estimate of drug-likeness (QED) is 0.724. The largest absolute Gasteiger partial charge is 0.508 e. The Morgan fingerprint density at radius 1 is 1.50 bits per heavy atom. The summed E-state index contributed by atoms with van der Waals surface area (Å²) >= 11 is 0. The van der Waals surface area contributed by atoms with Crippen molar-refractivity contribution in [3.05, 3.63) is 29.3 Å². The minimum Gasteiger partial charge on any atom is -0.508 e. The number of nitrogens with zero attached hydrogens (tertiary/aromatic N) is 1. The van der Waals surface area contributed by atoms with Gasteiger partial charge in [-0.3, -0.25) is 9.63 Å². The third kappa shape index (κ3) is 2.03. The average Bonchev–Trinajstić information content (AvgIpc) is 2.20. The lowest BCUT2D eigenvalue weighted by Crippen LogP contribution is -2.25. The van der Waals surface area contributed by atoms with E-state index in [-0.39, 0.29) is 11.7 Å². The van der Waals surface area contributed by atoms with E-state index in [4.69, 9.17) is 4.84 Å². The molecule has 1 rings (SSSR count). The Hall–Kier alpha value is -1.55. The molecule has 0 atom stereocenters. The highest BCUT2D eigenvalue weighted by Gasteiger charge is 2.11. The Morgan fingerprint density at radius 2 is 2.14 bits per heavy atom. The first-order valence-corrected chi connectivity index (χ1v) is 4.18. The van der Waals surface area contributed by atoms with Gasteiger partial charge in [-0.1, -0.05) is 0 Å². The van der Waals surface area contributed by atoms with Gasteiger partial charge < -0.3 is 5.11 Å². The molecule has 1 amide bonds. The SMILES string of the molecule is CON(C)C(=O)c1ccc(O)c(C)c1. The van der Waals surface area contributed by atoms with Crippen molar-refractivity contribution in [3.8, 4) is 5.75 Å². The molecule has 76 valence electrons. The molecule has 4 nitrogen and oxygen atoms in total. The summed E-state index contributed by atoms with van der Waals surface area (Å²) in [5.41, 5.74) is 1.16. The number of hydroxylamine groups is 2. The summed E-state index contributed by atoms with van der Waals surface area (Å²) in [5, 5.41) is 10.4. The molecular formula is C10H13NO3. The van der Waals surface area contributed by atoms with E-state index in [0.29, 0.717) is 11.1 Å². The number of phenols is 1. The summed E-state index contributed by atoms with van der Waals surface area (Å²) in [6.45, 7) is 1.74. The zero-order valence-corrected chi connectivity index (χ0v) is 8.44. The molecule has 0 heterocycles. The predicted octanol–water partition coefficient (Wildman–Crippen LogP) is 1.33. The molecule has 0 aliphatic carbocycles. The molecule has 1 aromatic rings. The third-order valence-electron chi connectivity index (χ3n) is 2.00. The van der Waals surface area contributed by atoms with Gasteiger partial charge in [0.1, 0.15) is 5.75 Å². The van der Waals surface area contributed by atoms with Crippen LogP contribution in [0.3, 0.4) is 0 Å². The van der Waals surface area contributed by atoms with Crippen LogP contribution in [0.5, 0.6) is 5.75 Å². The maximum absolute atomic E-state index is 11.6. The molecule has 0 radical (unpaired) electrons. The van der Waals surface area contributed by atoms with Gasteiger partial charge in [0, 0.05) is 12.6 Å². The fourth-order valence-corrected chi connectivity index (χ4v) is 1.05. The fraction of sp³-hybridized carbons (Fsp3) is 0.300. The maximum Gasteiger partial charge on any atom is 0.277 e. The highest BCUT2D eigenvalue weighted by Crippen LogP contribution is 2.17. The monoisotopic (exact) mass is 195 g/mol. The number of amides is 1. The minimum atomic E-state index is -0.240. The molecule has 14 heavy (non-hydrogen) atoms. The minimum absolute atomic E-state index is 0.182. The summed E-state index contributed by atoms with van der Waals surface area (Å²) in [4.78, 5) is 16.3. The smallest absolute Gasteiger partial charge is 0.277 e. The van der Waals surface area contributed by atoms with Crippen molar-refractivity contribution in [1.29, 1.82) is 0 Å². The number of phenolic OH excluding ortho intramolecular Hbond substituents is 1. The molecule has 1 aromatic carbocycles. The second-order valence-electron chi connectivity index (χ2n) is 2.99. The van der Waals surface area contributed by atoms with Gasteiger partial charge in [-0.25, -0.2) is 5.06 Å². The lowest BCUT2D eigenvalue weighted by atomic mass is 10.1. The first kappa shape index (κ1) is 10.5. The second kappa shape index (κ2) is 4.11. The molecule has 0 unspecified atom stereocenters. The van der Waals surface area contributed by atoms with Crippen LogP contribution >= 0.6 is 0 Å². The predicted molar refractivity (Wildman–Crippen MR) is 51.9 cm³/mol. The second-order valence-corrected chi connectivity index (χ2v) is 2.99. The van der Waals surface area contributed by atoms with Crippen molar-refractivity contribution in [1.82, 2.24) is 5.06 Å². The first-order valence-electron chi connectivity index (χ1n) is 4.18. The summed E-state index contributed by atoms with van der Waals surface area (Å²) < 4.78 is 0. The van der Waals surface area contributed by atoms with Crippen LogP contribution in [-0.4, -0.2) is 30.2 Å². The standard InChI is InChI=1S/C10H13NO3/c1-7-6-8(4-5-9(7)12)10(13)11(2)14-3/h4-6,12H,1-3H3. The van der Waals surface area contributed by atoms with Gasteiger partial charge >= 0.3 is 0 Å². The Bertz CT molecular complexity index is 349. The molecule has 0 fully saturated rings. The molecule has 4 heteroatoms. The van der Waals surface area contributed by atoms with Crippen molar-refractivity contribution in [2.75, 3.05) is 14.2 Å². The van der Waals surface area contributed by atoms with Crippen LogP contribution in [0.2, 0.25) is 0 Å². The van der Waals surface area contributed by atoms with Gasteiger partial charge in [-0.05, 0) is 30.7 Å². The third-order valence-corrected chi connectivity index (χ3v) is 2.00. The van der Waals surface area contributed by atoms with E-state index >= 15 is 0 Å². The van der Waals surface area contributed by atoms with Crippen LogP contribution in [0.4, 0.5) is 0 Å². The number of rotatable bonds is 2. The van der Waals surface area contributed by atoms with Crippen LogP contribution in [-0.2, 0) is 4.84 Å². The average molecular weight is 195 g/mol. The van der Waals surface area contributed by atoms with Crippen LogP contribution in [0.25, 0.3) is 0 Å². The lowest BCUT2D eigenvalue weighted by molar-refractivity contribution is -0.0757. The van der Waals surface area contributed by atoms with E-state index in [1.807, 2.05) is 0 Å². The topological polar surface area (TPSA) is 49.8 Å². The number of benzene rings is 1. The number of aryl methyl sites for hydroxylation is 1. The Morgan fingerprint density at radius 3 is 2.64 bits per heavy atom. The molecule has 0 spiro atoms. The van der Waals surface area contributed by atoms with Gasteiger partial charge in [0.2, 0.25) is 0 Å². The number of carbonyl (C=O) groups excluding carboxylic acids is 1. The summed E-state index contributed by atoms with van der Waals surface area (Å²) in [7, 11) is 2.95. The van der Waals surface area contributed by atoms with Crippen molar-refractivity contribution >= 4 is 5.91 Å². The first-order chi connectivity index (χ1) is 6.56. The summed E-state index contributed by atoms with van der Waals surface area (Å²) in [6.07, 6.45) is 0. The van der Waals surface area contributed by atoms with Gasteiger partial charge in [-0.2, -0.15) is 0 Å². The summed E-state index contributed by atoms with van der Waals surface area (Å²) in [5.74, 6) is -0.0581. The number of carbonyl (C=O) groups is 1. The van der Waals surface area contributed by atoms with Crippen molar-refractivity contribution in [2.24, 2.45) is 0 Å². The molecule has 0 aliphatic heterocycles. The highest BCUT2D eigenvalue weighted by molar-refractivity contribution is 5.93. The zero-order chi connectivity index (χ0) is 10.7. The van der Waals surface area contributed by atoms with Gasteiger partial charge in [-0.15, -0.1) is 0 Å². The Balaban J connectivity index is 2.97.